The number of allylic oxidation sites excluding steroid dienone is 3. The molecule has 0 saturated carbocycles. The molecule has 0 saturated heterocycles. The van der Waals surface area contributed by atoms with Gasteiger partial charge in [0, 0.05) is 29.5 Å². The Morgan fingerprint density at radius 3 is 2.38 bits per heavy atom. The lowest BCUT2D eigenvalue weighted by atomic mass is 9.89. The van der Waals surface area contributed by atoms with Crippen LogP contribution in [0, 0.1) is 12.8 Å². The van der Waals surface area contributed by atoms with Gasteiger partial charge in [0.1, 0.15) is 17.2 Å². The van der Waals surface area contributed by atoms with E-state index in [-0.39, 0.29) is 23.8 Å². The minimum atomic E-state index is -1.13. The number of carbonyl (C=O) groups excluding carboxylic acids is 1. The molecule has 0 spiro atoms. The smallest absolute Gasteiger partial charge is 0.350 e. The summed E-state index contributed by atoms with van der Waals surface area (Å²) in [7, 11) is 0. The summed E-state index contributed by atoms with van der Waals surface area (Å²) in [6, 6.07) is 26.0. The molecule has 0 aliphatic heterocycles. The van der Waals surface area contributed by atoms with Crippen LogP contribution in [0.4, 0.5) is 0 Å². The van der Waals surface area contributed by atoms with Gasteiger partial charge in [-0.2, -0.15) is 0 Å². The summed E-state index contributed by atoms with van der Waals surface area (Å²) in [4.78, 5) is 34.5. The SMILES string of the molecule is Cc1oc(-c2ccccc2)nc1CCOc1ccc(CC(=NC2=C(C(=O)c3ccccc3)CC(C)C=C2)C(=O)O)cc1. The van der Waals surface area contributed by atoms with E-state index in [1.165, 1.54) is 0 Å². The number of rotatable bonds is 11. The third-order valence-corrected chi connectivity index (χ3v) is 7.05. The first-order valence-corrected chi connectivity index (χ1v) is 13.9. The van der Waals surface area contributed by atoms with Crippen molar-refractivity contribution < 1.29 is 23.8 Å². The van der Waals surface area contributed by atoms with Gasteiger partial charge in [-0.15, -0.1) is 0 Å². The van der Waals surface area contributed by atoms with Crippen LogP contribution in [0.5, 0.6) is 5.75 Å². The highest BCUT2D eigenvalue weighted by atomic mass is 16.5. The monoisotopic (exact) mass is 560 g/mol. The third kappa shape index (κ3) is 6.99. The Morgan fingerprint density at radius 2 is 1.69 bits per heavy atom. The molecule has 0 radical (unpaired) electrons. The van der Waals surface area contributed by atoms with Gasteiger partial charge >= 0.3 is 5.97 Å². The summed E-state index contributed by atoms with van der Waals surface area (Å²) >= 11 is 0. The van der Waals surface area contributed by atoms with Crippen molar-refractivity contribution in [2.45, 2.75) is 33.1 Å². The number of aliphatic carboxylic acids is 1. The molecule has 3 aromatic carbocycles. The predicted octanol–water partition coefficient (Wildman–Crippen LogP) is 7.07. The molecule has 1 N–H and O–H groups in total. The van der Waals surface area contributed by atoms with Gasteiger partial charge in [-0.25, -0.2) is 14.8 Å². The van der Waals surface area contributed by atoms with E-state index >= 15 is 0 Å². The Hall–Kier alpha value is -5.04. The molecular weight excluding hydrogens is 528 g/mol. The van der Waals surface area contributed by atoms with Crippen LogP contribution in [0.15, 0.2) is 118 Å². The predicted molar refractivity (Wildman–Crippen MR) is 162 cm³/mol. The molecule has 4 aromatic rings. The lowest BCUT2D eigenvalue weighted by Crippen LogP contribution is -2.18. The van der Waals surface area contributed by atoms with E-state index in [1.807, 2.05) is 92.7 Å². The van der Waals surface area contributed by atoms with Crippen LogP contribution >= 0.6 is 0 Å². The molecule has 1 unspecified atom stereocenters. The number of ether oxygens (including phenoxy) is 1. The molecule has 42 heavy (non-hydrogen) atoms. The van der Waals surface area contributed by atoms with Crippen LogP contribution < -0.4 is 4.74 Å². The van der Waals surface area contributed by atoms with Crippen molar-refractivity contribution in [2.24, 2.45) is 10.9 Å². The van der Waals surface area contributed by atoms with Gasteiger partial charge in [0.15, 0.2) is 5.78 Å². The topological polar surface area (TPSA) is 102 Å². The fraction of sp³-hybridized carbons (Fsp3) is 0.200. The highest BCUT2D eigenvalue weighted by molar-refractivity contribution is 6.36. The van der Waals surface area contributed by atoms with E-state index in [9.17, 15) is 14.7 Å². The number of ketones is 1. The Morgan fingerprint density at radius 1 is 1.00 bits per heavy atom. The van der Waals surface area contributed by atoms with E-state index < -0.39 is 5.97 Å². The van der Waals surface area contributed by atoms with Crippen LogP contribution in [0.2, 0.25) is 0 Å². The quantitative estimate of drug-likeness (QED) is 0.155. The van der Waals surface area contributed by atoms with E-state index in [0.29, 0.717) is 47.9 Å². The summed E-state index contributed by atoms with van der Waals surface area (Å²) in [5.41, 5.74) is 4.00. The number of hydrogen-bond acceptors (Lipinski definition) is 6. The molecule has 7 heteroatoms. The van der Waals surface area contributed by atoms with Crippen molar-refractivity contribution in [1.29, 1.82) is 0 Å². The second kappa shape index (κ2) is 13.1. The standard InChI is InChI=1S/C35H32N2O5/c1-23-13-18-31(29(21-23)33(38)26-9-5-3-6-10-26)36-32(35(39)40)22-25-14-16-28(17-15-25)41-20-19-30-24(2)42-34(37-30)27-11-7-4-8-12-27/h3-18,23H,19-22H2,1-2H3,(H,39,40). The summed E-state index contributed by atoms with van der Waals surface area (Å²) in [6.45, 7) is 4.33. The first kappa shape index (κ1) is 28.5. The maximum absolute atomic E-state index is 13.2. The second-order valence-electron chi connectivity index (χ2n) is 10.3. The van der Waals surface area contributed by atoms with E-state index in [4.69, 9.17) is 9.15 Å². The third-order valence-electron chi connectivity index (χ3n) is 7.05. The zero-order valence-corrected chi connectivity index (χ0v) is 23.6. The lowest BCUT2D eigenvalue weighted by Gasteiger charge is -2.17. The van der Waals surface area contributed by atoms with Gasteiger partial charge in [-0.05, 0) is 55.2 Å². The van der Waals surface area contributed by atoms with Crippen molar-refractivity contribution >= 4 is 17.5 Å². The zero-order valence-electron chi connectivity index (χ0n) is 23.6. The second-order valence-corrected chi connectivity index (χ2v) is 10.3. The number of carboxylic acids is 1. The number of aryl methyl sites for hydroxylation is 1. The van der Waals surface area contributed by atoms with Crippen LogP contribution in [-0.4, -0.2) is 34.2 Å². The number of hydrogen-bond donors (Lipinski definition) is 1. The maximum atomic E-state index is 13.2. The number of aliphatic imine (C=N–C) groups is 1. The van der Waals surface area contributed by atoms with Gasteiger partial charge < -0.3 is 14.3 Å². The summed E-state index contributed by atoms with van der Waals surface area (Å²) < 4.78 is 11.7. The molecule has 1 aromatic heterocycles. The summed E-state index contributed by atoms with van der Waals surface area (Å²) in [6.07, 6.45) is 4.91. The number of aromatic nitrogens is 1. The van der Waals surface area contributed by atoms with Crippen molar-refractivity contribution in [3.63, 3.8) is 0 Å². The molecular formula is C35H32N2O5. The molecule has 0 fully saturated rings. The molecule has 212 valence electrons. The minimum absolute atomic E-state index is 0.0352. The Bertz CT molecular complexity index is 1650. The zero-order chi connectivity index (χ0) is 29.5. The number of carboxylic acid groups (broad SMARTS) is 1. The van der Waals surface area contributed by atoms with Crippen LogP contribution in [-0.2, 0) is 17.6 Å². The van der Waals surface area contributed by atoms with Crippen LogP contribution in [0.25, 0.3) is 11.5 Å². The molecule has 1 atom stereocenters. The van der Waals surface area contributed by atoms with Gasteiger partial charge in [0.2, 0.25) is 5.89 Å². The van der Waals surface area contributed by atoms with Gasteiger partial charge in [-0.1, -0.05) is 73.7 Å². The minimum Gasteiger partial charge on any atom is -0.493 e. The van der Waals surface area contributed by atoms with Gasteiger partial charge in [-0.3, -0.25) is 4.79 Å². The largest absolute Gasteiger partial charge is 0.493 e. The molecule has 5 rings (SSSR count). The highest BCUT2D eigenvalue weighted by Crippen LogP contribution is 2.28. The molecule has 1 heterocycles. The maximum Gasteiger partial charge on any atom is 0.350 e. The summed E-state index contributed by atoms with van der Waals surface area (Å²) in [5, 5.41) is 9.93. The lowest BCUT2D eigenvalue weighted by molar-refractivity contribution is -0.129. The van der Waals surface area contributed by atoms with Crippen molar-refractivity contribution in [1.82, 2.24) is 4.98 Å². The number of Topliss-reactive ketones (excluding diaryl/α,β-unsaturated/α-hetero) is 1. The molecule has 7 nitrogen and oxygen atoms in total. The molecule has 0 bridgehead atoms. The average Bonchev–Trinajstić information content (AvgIpc) is 3.39. The first-order valence-electron chi connectivity index (χ1n) is 13.9. The highest BCUT2D eigenvalue weighted by Gasteiger charge is 2.22. The van der Waals surface area contributed by atoms with E-state index in [0.717, 1.165) is 22.6 Å². The Kier molecular flexibility index (Phi) is 8.87. The summed E-state index contributed by atoms with van der Waals surface area (Å²) in [5.74, 6) is 0.924. The van der Waals surface area contributed by atoms with Crippen LogP contribution in [0.3, 0.4) is 0 Å². The normalized spacial score (nSPS) is 15.1. The fourth-order valence-corrected chi connectivity index (χ4v) is 4.76. The van der Waals surface area contributed by atoms with Crippen LogP contribution in [0.1, 0.15) is 40.7 Å². The number of oxazole rings is 1. The van der Waals surface area contributed by atoms with E-state index in [1.54, 1.807) is 18.2 Å². The van der Waals surface area contributed by atoms with E-state index in [2.05, 4.69) is 9.98 Å². The number of carbonyl (C=O) groups is 2. The Labute approximate surface area is 244 Å². The van der Waals surface area contributed by atoms with Gasteiger partial charge in [0.05, 0.1) is 18.0 Å². The molecule has 1 aliphatic carbocycles. The van der Waals surface area contributed by atoms with Crippen molar-refractivity contribution in [3.8, 4) is 17.2 Å². The average molecular weight is 561 g/mol. The molecule has 1 aliphatic rings. The first-order chi connectivity index (χ1) is 20.4. The van der Waals surface area contributed by atoms with Gasteiger partial charge in [0.25, 0.3) is 0 Å². The number of benzene rings is 3. The Balaban J connectivity index is 1.25. The number of nitrogens with zero attached hydrogens (tertiary/aromatic N) is 2. The molecule has 0 amide bonds. The fourth-order valence-electron chi connectivity index (χ4n) is 4.76. The van der Waals surface area contributed by atoms with Crippen molar-refractivity contribution in [3.05, 3.63) is 131 Å². The van der Waals surface area contributed by atoms with Crippen molar-refractivity contribution in [2.75, 3.05) is 6.61 Å².